The molecular formula is C77H109N11O15. The fraction of sp³-hybridized carbons (Fsp3) is 0.481. The molecule has 26 nitrogen and oxygen atoms in total. The van der Waals surface area contributed by atoms with Crippen LogP contribution in [0.2, 0.25) is 0 Å². The maximum absolute atomic E-state index is 14.0. The van der Waals surface area contributed by atoms with Gasteiger partial charge in [0.1, 0.15) is 53.5 Å². The Kier molecular flexibility index (Phi) is 36.2. The maximum Gasteiger partial charge on any atom is 0.408 e. The van der Waals surface area contributed by atoms with Gasteiger partial charge in [-0.05, 0) is 158 Å². The number of phenols is 2. The zero-order chi connectivity index (χ0) is 76.2. The molecule has 8 atom stereocenters. The number of hydrogen-bond acceptors (Lipinski definition) is 16. The standard InChI is InChI=1S/C40H59N5O9.C37H50N6O6/c1-26(2)23-30(33(46)42-29(36(49)50)21-15-16-22-41-37(51)53-39(3,4)5)43-34(47)31(24-27-17-11-9-12-18-27)44-35(48)32(25-28-19-13-10-14-20-28)45-38(52)54-40(6,7)8;1-24(2)19-30(36(48)41-29(15-9-10-18-38)35(47)40-23-27-16-17-32(44)33(45)22-27)43-37(49)31(21-26-13-7-4-8-14-26)42-34(46)28(39)20-25-11-5-3-6-12-25/h9-14,17-20,26,29-32H,15-16,21-25H2,1-8H3,(H,41,51)(H,42,46)(H,43,47)(H,44,48)(H,45,52)(H,49,50);3-8,11-14,16-17,22,24,28-31,44-45H,9-10,15,18-21,23,38-39H2,1-2H3,(H,40,47)(H,41,48)(H,42,46)(H,43,49)/t29-,30-,31-,32-;28-,29-,30-,31-/m11/s1. The predicted octanol–water partition coefficient (Wildman–Crippen LogP) is 6.80. The molecule has 26 heteroatoms. The topological polar surface area (TPSA) is 410 Å². The highest BCUT2D eigenvalue weighted by Crippen LogP contribution is 2.25. The minimum absolute atomic E-state index is 0.00389. The number of ether oxygens (including phenoxy) is 2. The first-order chi connectivity index (χ1) is 48.7. The molecule has 16 N–H and O–H groups in total. The number of amides is 9. The molecule has 0 aliphatic heterocycles. The van der Waals surface area contributed by atoms with Gasteiger partial charge in [0.05, 0.1) is 6.04 Å². The Bertz CT molecular complexity index is 3480. The summed E-state index contributed by atoms with van der Waals surface area (Å²) in [6.07, 6.45) is 2.14. The normalized spacial score (nSPS) is 13.6. The van der Waals surface area contributed by atoms with Gasteiger partial charge >= 0.3 is 18.2 Å². The van der Waals surface area contributed by atoms with Gasteiger partial charge in [0.25, 0.3) is 0 Å². The van der Waals surface area contributed by atoms with E-state index in [0.29, 0.717) is 44.2 Å². The number of nitrogens with one attached hydrogen (secondary N) is 9. The molecule has 0 saturated carbocycles. The molecule has 0 saturated heterocycles. The minimum Gasteiger partial charge on any atom is -0.504 e. The first-order valence-electron chi connectivity index (χ1n) is 35.1. The van der Waals surface area contributed by atoms with E-state index in [9.17, 15) is 63.3 Å². The molecule has 0 aliphatic carbocycles. The second-order valence-electron chi connectivity index (χ2n) is 28.3. The number of rotatable bonds is 38. The number of benzene rings is 5. The average Bonchev–Trinajstić information content (AvgIpc) is 0.869. The van der Waals surface area contributed by atoms with Crippen LogP contribution >= 0.6 is 0 Å². The molecule has 0 bridgehead atoms. The van der Waals surface area contributed by atoms with Gasteiger partial charge in [-0.3, -0.25) is 33.6 Å². The van der Waals surface area contributed by atoms with Crippen LogP contribution < -0.4 is 59.3 Å². The van der Waals surface area contributed by atoms with Gasteiger partial charge in [-0.2, -0.15) is 0 Å². The molecule has 9 amide bonds. The number of carboxylic acids is 1. The van der Waals surface area contributed by atoms with Crippen LogP contribution in [-0.4, -0.2) is 147 Å². The van der Waals surface area contributed by atoms with Gasteiger partial charge in [-0.1, -0.05) is 155 Å². The van der Waals surface area contributed by atoms with Crippen molar-refractivity contribution in [3.8, 4) is 11.5 Å². The van der Waals surface area contributed by atoms with Gasteiger partial charge in [0, 0.05) is 32.4 Å². The van der Waals surface area contributed by atoms with Crippen molar-refractivity contribution in [2.24, 2.45) is 23.3 Å². The Morgan fingerprint density at radius 3 is 1.18 bits per heavy atom. The summed E-state index contributed by atoms with van der Waals surface area (Å²) < 4.78 is 10.6. The zero-order valence-corrected chi connectivity index (χ0v) is 61.1. The minimum atomic E-state index is -1.25. The van der Waals surface area contributed by atoms with Crippen LogP contribution in [0.3, 0.4) is 0 Å². The predicted molar refractivity (Wildman–Crippen MR) is 392 cm³/mol. The quantitative estimate of drug-likeness (QED) is 0.0143. The van der Waals surface area contributed by atoms with Crippen molar-refractivity contribution in [1.82, 2.24) is 47.9 Å². The Hall–Kier alpha value is -10.1. The summed E-state index contributed by atoms with van der Waals surface area (Å²) in [6.45, 7) is 18.6. The van der Waals surface area contributed by atoms with Crippen LogP contribution in [0.4, 0.5) is 9.59 Å². The fourth-order valence-corrected chi connectivity index (χ4v) is 10.6. The van der Waals surface area contributed by atoms with Crippen LogP contribution in [0.5, 0.6) is 11.5 Å². The van der Waals surface area contributed by atoms with Crippen molar-refractivity contribution in [3.63, 3.8) is 0 Å². The number of aliphatic carboxylic acids is 1. The number of carbonyl (C=O) groups excluding carboxylic acids is 9. The number of carboxylic acid groups (broad SMARTS) is 1. The number of unbranched alkanes of at least 4 members (excludes halogenated alkanes) is 2. The van der Waals surface area contributed by atoms with Crippen molar-refractivity contribution < 1.29 is 72.7 Å². The highest BCUT2D eigenvalue weighted by Gasteiger charge is 2.35. The van der Waals surface area contributed by atoms with E-state index in [2.05, 4.69) is 47.9 Å². The molecule has 0 aliphatic rings. The first kappa shape index (κ1) is 85.3. The highest BCUT2D eigenvalue weighted by molar-refractivity contribution is 5.96. The van der Waals surface area contributed by atoms with Gasteiger partial charge in [-0.25, -0.2) is 14.4 Å². The molecular weight excluding hydrogens is 1320 g/mol. The number of carbonyl (C=O) groups is 10. The van der Waals surface area contributed by atoms with E-state index < -0.39 is 119 Å². The van der Waals surface area contributed by atoms with E-state index in [1.807, 2.05) is 125 Å². The molecule has 5 rings (SSSR count). The lowest BCUT2D eigenvalue weighted by molar-refractivity contribution is -0.142. The van der Waals surface area contributed by atoms with E-state index in [0.717, 1.165) is 22.3 Å². The highest BCUT2D eigenvalue weighted by atomic mass is 16.6. The molecule has 0 unspecified atom stereocenters. The second-order valence-corrected chi connectivity index (χ2v) is 28.3. The number of hydrogen-bond donors (Lipinski definition) is 14. The Labute approximate surface area is 605 Å². The summed E-state index contributed by atoms with van der Waals surface area (Å²) >= 11 is 0. The van der Waals surface area contributed by atoms with Crippen molar-refractivity contribution in [2.45, 2.75) is 212 Å². The number of phenolic OH excluding ortho intramolecular Hbond substituents is 2. The Morgan fingerprint density at radius 2 is 0.767 bits per heavy atom. The lowest BCUT2D eigenvalue weighted by Crippen LogP contribution is -2.58. The molecule has 0 fully saturated rings. The van der Waals surface area contributed by atoms with E-state index >= 15 is 0 Å². The summed E-state index contributed by atoms with van der Waals surface area (Å²) in [6, 6.07) is 32.3. The molecule has 562 valence electrons. The molecule has 0 aromatic heterocycles. The Balaban J connectivity index is 0.000000438. The Morgan fingerprint density at radius 1 is 0.398 bits per heavy atom. The van der Waals surface area contributed by atoms with E-state index in [1.54, 1.807) is 71.9 Å². The molecule has 0 spiro atoms. The third-order valence-electron chi connectivity index (χ3n) is 15.7. The summed E-state index contributed by atoms with van der Waals surface area (Å²) in [5.41, 5.74) is 14.2. The van der Waals surface area contributed by atoms with Crippen LogP contribution in [0.25, 0.3) is 0 Å². The van der Waals surface area contributed by atoms with Gasteiger partial charge in [-0.15, -0.1) is 0 Å². The van der Waals surface area contributed by atoms with Crippen molar-refractivity contribution in [1.29, 1.82) is 0 Å². The maximum atomic E-state index is 14.0. The van der Waals surface area contributed by atoms with Crippen molar-refractivity contribution >= 4 is 59.5 Å². The second kappa shape index (κ2) is 43.7. The molecule has 103 heavy (non-hydrogen) atoms. The van der Waals surface area contributed by atoms with Crippen LogP contribution in [-0.2, 0) is 80.1 Å². The summed E-state index contributed by atoms with van der Waals surface area (Å²) in [7, 11) is 0. The number of aromatic hydroxyl groups is 2. The first-order valence-corrected chi connectivity index (χ1v) is 35.1. The van der Waals surface area contributed by atoms with Gasteiger partial charge in [0.2, 0.25) is 41.4 Å². The fourth-order valence-electron chi connectivity index (χ4n) is 10.6. The van der Waals surface area contributed by atoms with Gasteiger partial charge in [0.15, 0.2) is 11.5 Å². The number of alkyl carbamates (subject to hydrolysis) is 2. The number of nitrogens with two attached hydrogens (primary N) is 2. The van der Waals surface area contributed by atoms with E-state index in [4.69, 9.17) is 20.9 Å². The average molecular weight is 1430 g/mol. The summed E-state index contributed by atoms with van der Waals surface area (Å²) in [5.74, 6) is -5.93. The van der Waals surface area contributed by atoms with Crippen LogP contribution in [0, 0.1) is 11.8 Å². The third kappa shape index (κ3) is 34.4. The molecule has 5 aromatic rings. The molecule has 5 aromatic carbocycles. The summed E-state index contributed by atoms with van der Waals surface area (Å²) in [5, 5.41) is 53.9. The van der Waals surface area contributed by atoms with Crippen molar-refractivity contribution in [2.75, 3.05) is 13.1 Å². The lowest BCUT2D eigenvalue weighted by atomic mass is 9.99. The zero-order valence-electron chi connectivity index (χ0n) is 61.1. The monoisotopic (exact) mass is 1430 g/mol. The largest absolute Gasteiger partial charge is 0.504 e. The molecule has 0 radical (unpaired) electrons. The van der Waals surface area contributed by atoms with Gasteiger partial charge < -0.3 is 84.1 Å². The summed E-state index contributed by atoms with van der Waals surface area (Å²) in [4.78, 5) is 132. The third-order valence-corrected chi connectivity index (χ3v) is 15.7. The van der Waals surface area contributed by atoms with E-state index in [1.165, 1.54) is 12.1 Å². The molecule has 0 heterocycles. The SMILES string of the molecule is CC(C)C[C@@H](NC(=O)[C@@H](Cc1ccccc1)NC(=O)[C@@H](Cc1ccccc1)NC(=O)OC(C)(C)C)C(=O)N[C@H](CCCCNC(=O)OC(C)(C)C)C(=O)O.CC(C)C[C@@H](NC(=O)[C@@H](Cc1ccccc1)NC(=O)[C@H](N)Cc1ccccc1)C(=O)N[C@H](CCCCN)C(=O)NCc1ccc(O)c(O)c1. The smallest absolute Gasteiger partial charge is 0.408 e. The van der Waals surface area contributed by atoms with Crippen molar-refractivity contribution in [3.05, 3.63) is 167 Å². The van der Waals surface area contributed by atoms with Crippen LogP contribution in [0.15, 0.2) is 140 Å². The lowest BCUT2D eigenvalue weighted by Gasteiger charge is -2.27. The van der Waals surface area contributed by atoms with E-state index in [-0.39, 0.29) is 81.4 Å². The van der Waals surface area contributed by atoms with Crippen LogP contribution in [0.1, 0.15) is 148 Å².